The fraction of sp³-hybridized carbons (Fsp3) is 0.481. The standard InChI is InChI=1S/C27H32F5N7O3S/c1-26(2,3)42-25(41)37-23-20(36-22(43-23)19-16(28)8-5-9-17(19)29)21(40)35-18-13-34-38(4)24(18)39-11-6-7-15(10-12-39)33-14-27(30,31)32/h5,8-9,13,15,33H,6-7,10-12,14H2,1-4H3,(H,35,40)(H,37,41). The maximum Gasteiger partial charge on any atom is 0.412 e. The van der Waals surface area contributed by atoms with E-state index in [2.05, 4.69) is 26.0 Å². The van der Waals surface area contributed by atoms with Crippen LogP contribution in [0.3, 0.4) is 0 Å². The predicted octanol–water partition coefficient (Wildman–Crippen LogP) is 5.93. The van der Waals surface area contributed by atoms with Crippen LogP contribution in [0, 0.1) is 11.6 Å². The van der Waals surface area contributed by atoms with E-state index >= 15 is 0 Å². The van der Waals surface area contributed by atoms with E-state index in [4.69, 9.17) is 4.74 Å². The number of halogens is 5. The molecule has 0 bridgehead atoms. The van der Waals surface area contributed by atoms with Crippen LogP contribution in [-0.2, 0) is 11.8 Å². The van der Waals surface area contributed by atoms with Crippen LogP contribution in [0.1, 0.15) is 50.5 Å². The van der Waals surface area contributed by atoms with Gasteiger partial charge >= 0.3 is 12.3 Å². The summed E-state index contributed by atoms with van der Waals surface area (Å²) in [6, 6.07) is 2.96. The van der Waals surface area contributed by atoms with Crippen molar-refractivity contribution in [1.29, 1.82) is 0 Å². The third-order valence-corrected chi connectivity index (χ3v) is 7.40. The lowest BCUT2D eigenvalue weighted by Gasteiger charge is -2.24. The Kier molecular flexibility index (Phi) is 9.59. The second kappa shape index (κ2) is 12.8. The summed E-state index contributed by atoms with van der Waals surface area (Å²) < 4.78 is 74.0. The van der Waals surface area contributed by atoms with Crippen molar-refractivity contribution in [3.63, 3.8) is 0 Å². The van der Waals surface area contributed by atoms with E-state index < -0.39 is 47.5 Å². The van der Waals surface area contributed by atoms with Crippen LogP contribution < -0.4 is 20.9 Å². The van der Waals surface area contributed by atoms with Gasteiger partial charge in [-0.05, 0) is 52.2 Å². The fourth-order valence-corrected chi connectivity index (χ4v) is 5.61. The number of alkyl halides is 3. The lowest BCUT2D eigenvalue weighted by atomic mass is 10.1. The van der Waals surface area contributed by atoms with Gasteiger partial charge < -0.3 is 20.3 Å². The van der Waals surface area contributed by atoms with Gasteiger partial charge in [0.25, 0.3) is 5.91 Å². The average molecular weight is 630 g/mol. The molecular formula is C27H32F5N7O3S. The second-order valence-electron chi connectivity index (χ2n) is 11.0. The number of nitrogens with one attached hydrogen (secondary N) is 3. The minimum absolute atomic E-state index is 0.0943. The summed E-state index contributed by atoms with van der Waals surface area (Å²) in [5.41, 5.74) is -1.35. The minimum Gasteiger partial charge on any atom is -0.444 e. The Bertz CT molecular complexity index is 1450. The molecule has 1 atom stereocenters. The van der Waals surface area contributed by atoms with Gasteiger partial charge in [0.15, 0.2) is 11.5 Å². The fourth-order valence-electron chi connectivity index (χ4n) is 4.61. The first-order chi connectivity index (χ1) is 20.1. The monoisotopic (exact) mass is 629 g/mol. The van der Waals surface area contributed by atoms with Crippen LogP contribution >= 0.6 is 11.3 Å². The number of rotatable bonds is 7. The Morgan fingerprint density at radius 1 is 1.09 bits per heavy atom. The second-order valence-corrected chi connectivity index (χ2v) is 12.0. The van der Waals surface area contributed by atoms with Crippen molar-refractivity contribution in [3.8, 4) is 10.6 Å². The number of hydrogen-bond acceptors (Lipinski definition) is 8. The molecule has 1 aromatic carbocycles. The molecule has 1 saturated heterocycles. The van der Waals surface area contributed by atoms with Crippen molar-refractivity contribution in [2.24, 2.45) is 7.05 Å². The highest BCUT2D eigenvalue weighted by Gasteiger charge is 2.30. The number of benzene rings is 1. The van der Waals surface area contributed by atoms with Gasteiger partial charge in [0, 0.05) is 26.2 Å². The van der Waals surface area contributed by atoms with Gasteiger partial charge in [-0.25, -0.2) is 18.6 Å². The summed E-state index contributed by atoms with van der Waals surface area (Å²) >= 11 is 0.699. The molecule has 2 amide bonds. The number of amides is 2. The maximum atomic E-state index is 14.6. The van der Waals surface area contributed by atoms with E-state index in [1.54, 1.807) is 27.8 Å². The van der Waals surface area contributed by atoms with E-state index in [0.717, 1.165) is 12.1 Å². The molecule has 1 unspecified atom stereocenters. The predicted molar refractivity (Wildman–Crippen MR) is 152 cm³/mol. The molecule has 0 spiro atoms. The van der Waals surface area contributed by atoms with E-state index in [9.17, 15) is 31.5 Å². The first-order valence-electron chi connectivity index (χ1n) is 13.4. The smallest absolute Gasteiger partial charge is 0.412 e. The SMILES string of the molecule is Cn1ncc(NC(=O)c2nc(-c3c(F)cccc3F)sc2NC(=O)OC(C)(C)C)c1N1CCCC(NCC(F)(F)F)CC1. The van der Waals surface area contributed by atoms with E-state index in [-0.39, 0.29) is 27.4 Å². The van der Waals surface area contributed by atoms with Crippen molar-refractivity contribution in [2.45, 2.75) is 57.9 Å². The van der Waals surface area contributed by atoms with Crippen LogP contribution in [0.15, 0.2) is 24.4 Å². The van der Waals surface area contributed by atoms with Crippen molar-refractivity contribution in [1.82, 2.24) is 20.1 Å². The minimum atomic E-state index is -4.31. The zero-order chi connectivity index (χ0) is 31.5. The molecule has 3 N–H and O–H groups in total. The molecule has 2 aromatic heterocycles. The Hall–Kier alpha value is -3.79. The number of aryl methyl sites for hydroxylation is 1. The summed E-state index contributed by atoms with van der Waals surface area (Å²) in [6.07, 6.45) is -2.23. The molecular weight excluding hydrogens is 597 g/mol. The Balaban J connectivity index is 1.59. The molecule has 10 nitrogen and oxygen atoms in total. The van der Waals surface area contributed by atoms with Gasteiger partial charge in [-0.15, -0.1) is 0 Å². The zero-order valence-electron chi connectivity index (χ0n) is 23.9. The molecule has 16 heteroatoms. The lowest BCUT2D eigenvalue weighted by Crippen LogP contribution is -2.37. The maximum absolute atomic E-state index is 14.6. The number of nitrogens with zero attached hydrogens (tertiary/aromatic N) is 4. The largest absolute Gasteiger partial charge is 0.444 e. The molecule has 0 radical (unpaired) electrons. The topological polar surface area (TPSA) is 113 Å². The molecule has 3 aromatic rings. The Morgan fingerprint density at radius 3 is 2.44 bits per heavy atom. The zero-order valence-corrected chi connectivity index (χ0v) is 24.8. The van der Waals surface area contributed by atoms with E-state index in [0.29, 0.717) is 49.5 Å². The highest BCUT2D eigenvalue weighted by atomic mass is 32.1. The summed E-state index contributed by atoms with van der Waals surface area (Å²) in [7, 11) is 1.66. The van der Waals surface area contributed by atoms with Crippen molar-refractivity contribution >= 4 is 39.8 Å². The highest BCUT2D eigenvalue weighted by molar-refractivity contribution is 7.19. The van der Waals surface area contributed by atoms with Crippen LogP contribution in [0.25, 0.3) is 10.6 Å². The Labute approximate surface area is 248 Å². The van der Waals surface area contributed by atoms with Gasteiger partial charge in [0.05, 0.1) is 18.3 Å². The quantitative estimate of drug-likeness (QED) is 0.278. The number of hydrogen-bond donors (Lipinski definition) is 3. The van der Waals surface area contributed by atoms with E-state index in [1.807, 2.05) is 4.90 Å². The van der Waals surface area contributed by atoms with Gasteiger partial charge in [0.1, 0.15) is 32.9 Å². The summed E-state index contributed by atoms with van der Waals surface area (Å²) in [5.74, 6) is -2.08. The number of aromatic nitrogens is 3. The molecule has 43 heavy (non-hydrogen) atoms. The van der Waals surface area contributed by atoms with Crippen molar-refractivity contribution in [3.05, 3.63) is 41.7 Å². The van der Waals surface area contributed by atoms with Crippen LogP contribution in [0.5, 0.6) is 0 Å². The first kappa shape index (κ1) is 32.1. The molecule has 0 saturated carbocycles. The molecule has 3 heterocycles. The molecule has 1 aliphatic heterocycles. The van der Waals surface area contributed by atoms with Gasteiger partial charge in [-0.1, -0.05) is 17.4 Å². The number of carbonyl (C=O) groups is 2. The molecule has 4 rings (SSSR count). The number of anilines is 3. The van der Waals surface area contributed by atoms with Gasteiger partial charge in [-0.3, -0.25) is 14.8 Å². The molecule has 1 aliphatic rings. The highest BCUT2D eigenvalue weighted by Crippen LogP contribution is 2.36. The molecule has 1 fully saturated rings. The number of carbonyl (C=O) groups excluding carboxylic acids is 2. The third-order valence-electron chi connectivity index (χ3n) is 6.41. The third kappa shape index (κ3) is 8.40. The molecule has 234 valence electrons. The molecule has 0 aliphatic carbocycles. The van der Waals surface area contributed by atoms with Crippen molar-refractivity contribution in [2.75, 3.05) is 35.2 Å². The van der Waals surface area contributed by atoms with Crippen LogP contribution in [-0.4, -0.2) is 64.2 Å². The van der Waals surface area contributed by atoms with Crippen LogP contribution in [0.2, 0.25) is 0 Å². The van der Waals surface area contributed by atoms with Gasteiger partial charge in [-0.2, -0.15) is 18.3 Å². The first-order valence-corrected chi connectivity index (χ1v) is 14.3. The summed E-state index contributed by atoms with van der Waals surface area (Å²) in [4.78, 5) is 32.2. The summed E-state index contributed by atoms with van der Waals surface area (Å²) in [6.45, 7) is 4.77. The van der Waals surface area contributed by atoms with Crippen molar-refractivity contribution < 1.29 is 36.3 Å². The van der Waals surface area contributed by atoms with Gasteiger partial charge in [0.2, 0.25) is 0 Å². The average Bonchev–Trinajstić information content (AvgIpc) is 3.36. The van der Waals surface area contributed by atoms with E-state index in [1.165, 1.54) is 16.9 Å². The normalized spacial score (nSPS) is 16.1. The number of ether oxygens (including phenoxy) is 1. The Morgan fingerprint density at radius 2 is 1.79 bits per heavy atom. The lowest BCUT2D eigenvalue weighted by molar-refractivity contribution is -0.126. The number of thiazole rings is 1. The summed E-state index contributed by atoms with van der Waals surface area (Å²) in [5, 5.41) is 11.7. The van der Waals surface area contributed by atoms with Crippen LogP contribution in [0.4, 0.5) is 43.3 Å².